The quantitative estimate of drug-likeness (QED) is 0.736. The molecule has 1 heterocycles. The molecule has 1 aromatic carbocycles. The van der Waals surface area contributed by atoms with Crippen LogP contribution in [0.15, 0.2) is 24.3 Å². The molecule has 2 rings (SSSR count). The number of hydrogen-bond acceptors (Lipinski definition) is 3. The molecule has 2 N–H and O–H groups in total. The average molecular weight is 246 g/mol. The Labute approximate surface area is 107 Å². The summed E-state index contributed by atoms with van der Waals surface area (Å²) in [5.41, 5.74) is 1.34. The number of benzene rings is 1. The second kappa shape index (κ2) is 6.31. The number of anilines is 1. The monoisotopic (exact) mass is 246 g/mol. The number of Topliss-reactive ketones (excluding diaryl/α,β-unsaturated/α-hetero) is 1. The lowest BCUT2D eigenvalue weighted by Gasteiger charge is -2.06. The Morgan fingerprint density at radius 3 is 2.83 bits per heavy atom. The van der Waals surface area contributed by atoms with Gasteiger partial charge in [0.1, 0.15) is 0 Å². The Balaban J connectivity index is 2.15. The molecule has 0 unspecified atom stereocenters. The third-order valence-corrected chi connectivity index (χ3v) is 3.01. The van der Waals surface area contributed by atoms with Crippen molar-refractivity contribution in [1.82, 2.24) is 5.32 Å². The lowest BCUT2D eigenvalue weighted by Crippen LogP contribution is -2.24. The van der Waals surface area contributed by atoms with Gasteiger partial charge in [-0.1, -0.05) is 18.6 Å². The standard InChI is InChI=1S/C14H18N2O2/c17-13-10-15-8-3-1-2-7-14(18)16-12-6-4-5-11(13)9-12/h4-6,9,15H,1-3,7-8,10H2,(H,16,18). The van der Waals surface area contributed by atoms with E-state index in [0.29, 0.717) is 24.2 Å². The van der Waals surface area contributed by atoms with Crippen LogP contribution in [0.4, 0.5) is 5.69 Å². The number of amides is 1. The lowest BCUT2D eigenvalue weighted by atomic mass is 10.1. The molecule has 0 fully saturated rings. The van der Waals surface area contributed by atoms with Crippen LogP contribution in [-0.4, -0.2) is 24.8 Å². The first-order chi connectivity index (χ1) is 8.75. The third kappa shape index (κ3) is 3.67. The largest absolute Gasteiger partial charge is 0.326 e. The topological polar surface area (TPSA) is 58.2 Å². The molecule has 0 aromatic heterocycles. The maximum absolute atomic E-state index is 11.9. The molecule has 96 valence electrons. The first-order valence-electron chi connectivity index (χ1n) is 6.39. The van der Waals surface area contributed by atoms with Crippen molar-refractivity contribution in [1.29, 1.82) is 0 Å². The normalized spacial score (nSPS) is 18.2. The van der Waals surface area contributed by atoms with Crippen LogP contribution < -0.4 is 10.6 Å². The summed E-state index contributed by atoms with van der Waals surface area (Å²) in [7, 11) is 0. The first-order valence-corrected chi connectivity index (χ1v) is 6.39. The molecule has 1 aromatic rings. The zero-order valence-electron chi connectivity index (χ0n) is 10.4. The van der Waals surface area contributed by atoms with Crippen LogP contribution in [0, 0.1) is 0 Å². The van der Waals surface area contributed by atoms with Crippen LogP contribution in [0.2, 0.25) is 0 Å². The van der Waals surface area contributed by atoms with Crippen molar-refractivity contribution in [3.8, 4) is 0 Å². The van der Waals surface area contributed by atoms with Crippen molar-refractivity contribution in [2.24, 2.45) is 0 Å². The van der Waals surface area contributed by atoms with Crippen LogP contribution in [-0.2, 0) is 4.79 Å². The van der Waals surface area contributed by atoms with Gasteiger partial charge < -0.3 is 10.6 Å². The van der Waals surface area contributed by atoms with E-state index in [4.69, 9.17) is 0 Å². The Hall–Kier alpha value is -1.68. The van der Waals surface area contributed by atoms with Crippen molar-refractivity contribution >= 4 is 17.4 Å². The van der Waals surface area contributed by atoms with Gasteiger partial charge in [0.15, 0.2) is 5.78 Å². The highest BCUT2D eigenvalue weighted by atomic mass is 16.1. The van der Waals surface area contributed by atoms with E-state index in [0.717, 1.165) is 25.8 Å². The van der Waals surface area contributed by atoms with Crippen molar-refractivity contribution in [2.75, 3.05) is 18.4 Å². The summed E-state index contributed by atoms with van der Waals surface area (Å²) in [5.74, 6) is 0.0807. The molecule has 4 nitrogen and oxygen atoms in total. The van der Waals surface area contributed by atoms with E-state index in [2.05, 4.69) is 10.6 Å². The number of rotatable bonds is 0. The van der Waals surface area contributed by atoms with Crippen LogP contribution in [0.25, 0.3) is 0 Å². The molecule has 18 heavy (non-hydrogen) atoms. The average Bonchev–Trinajstić information content (AvgIpc) is 2.37. The molecule has 0 saturated heterocycles. The van der Waals surface area contributed by atoms with Gasteiger partial charge in [0.05, 0.1) is 6.54 Å². The minimum Gasteiger partial charge on any atom is -0.326 e. The Kier molecular flexibility index (Phi) is 4.47. The second-order valence-electron chi connectivity index (χ2n) is 4.54. The van der Waals surface area contributed by atoms with Crippen molar-refractivity contribution in [3.63, 3.8) is 0 Å². The summed E-state index contributed by atoms with van der Waals surface area (Å²) in [6, 6.07) is 7.11. The fourth-order valence-corrected chi connectivity index (χ4v) is 2.01. The minimum absolute atomic E-state index is 0.0202. The van der Waals surface area contributed by atoms with E-state index >= 15 is 0 Å². The summed E-state index contributed by atoms with van der Waals surface area (Å²) in [5, 5.41) is 5.97. The molecule has 1 aliphatic heterocycles. The van der Waals surface area contributed by atoms with Crippen LogP contribution in [0.5, 0.6) is 0 Å². The SMILES string of the molecule is O=C1CCCCCNCC(=O)c2cccc(c2)N1. The van der Waals surface area contributed by atoms with Gasteiger partial charge in [-0.2, -0.15) is 0 Å². The molecule has 1 amide bonds. The van der Waals surface area contributed by atoms with Crippen LogP contribution in [0.3, 0.4) is 0 Å². The van der Waals surface area contributed by atoms with Gasteiger partial charge in [-0.05, 0) is 31.5 Å². The van der Waals surface area contributed by atoms with E-state index in [1.807, 2.05) is 6.07 Å². The lowest BCUT2D eigenvalue weighted by molar-refractivity contribution is -0.116. The van der Waals surface area contributed by atoms with E-state index in [1.54, 1.807) is 18.2 Å². The molecule has 1 aliphatic rings. The fraction of sp³-hybridized carbons (Fsp3) is 0.429. The van der Waals surface area contributed by atoms with E-state index < -0.39 is 0 Å². The highest BCUT2D eigenvalue weighted by molar-refractivity contribution is 5.99. The predicted molar refractivity (Wildman–Crippen MR) is 70.7 cm³/mol. The summed E-state index contributed by atoms with van der Waals surface area (Å²) in [4.78, 5) is 23.5. The number of fused-ring (bicyclic) bond motifs is 2. The number of carbonyl (C=O) groups excluding carboxylic acids is 2. The maximum Gasteiger partial charge on any atom is 0.224 e. The van der Waals surface area contributed by atoms with Gasteiger partial charge in [0.25, 0.3) is 0 Å². The second-order valence-corrected chi connectivity index (χ2v) is 4.54. The van der Waals surface area contributed by atoms with Gasteiger partial charge in [0.2, 0.25) is 5.91 Å². The Bertz CT molecular complexity index is 443. The molecule has 4 heteroatoms. The van der Waals surface area contributed by atoms with Crippen molar-refractivity contribution in [2.45, 2.75) is 25.7 Å². The number of carbonyl (C=O) groups is 2. The smallest absolute Gasteiger partial charge is 0.224 e. The molecule has 0 aliphatic carbocycles. The Morgan fingerprint density at radius 1 is 1.06 bits per heavy atom. The first kappa shape index (κ1) is 12.8. The summed E-state index contributed by atoms with van der Waals surface area (Å²) >= 11 is 0. The van der Waals surface area contributed by atoms with Gasteiger partial charge in [-0.25, -0.2) is 0 Å². The third-order valence-electron chi connectivity index (χ3n) is 3.01. The zero-order valence-corrected chi connectivity index (χ0v) is 10.4. The predicted octanol–water partition coefficient (Wildman–Crippen LogP) is 1.97. The van der Waals surface area contributed by atoms with Crippen LogP contribution >= 0.6 is 0 Å². The van der Waals surface area contributed by atoms with Gasteiger partial charge in [0, 0.05) is 17.7 Å². The van der Waals surface area contributed by atoms with Crippen molar-refractivity contribution < 1.29 is 9.59 Å². The Morgan fingerprint density at radius 2 is 1.94 bits per heavy atom. The van der Waals surface area contributed by atoms with E-state index in [1.165, 1.54) is 0 Å². The molecule has 0 saturated carbocycles. The summed E-state index contributed by atoms with van der Waals surface area (Å²) in [6.07, 6.45) is 3.43. The molecule has 0 atom stereocenters. The van der Waals surface area contributed by atoms with Crippen molar-refractivity contribution in [3.05, 3.63) is 29.8 Å². The number of ketones is 1. The molecule has 0 spiro atoms. The van der Waals surface area contributed by atoms with Crippen LogP contribution in [0.1, 0.15) is 36.0 Å². The molecular formula is C14H18N2O2. The highest BCUT2D eigenvalue weighted by Crippen LogP contribution is 2.12. The van der Waals surface area contributed by atoms with Gasteiger partial charge >= 0.3 is 0 Å². The number of nitrogens with one attached hydrogen (secondary N) is 2. The van der Waals surface area contributed by atoms with Gasteiger partial charge in [-0.15, -0.1) is 0 Å². The van der Waals surface area contributed by atoms with E-state index in [9.17, 15) is 9.59 Å². The number of hydrogen-bond donors (Lipinski definition) is 2. The molecule has 2 bridgehead atoms. The highest BCUT2D eigenvalue weighted by Gasteiger charge is 2.08. The van der Waals surface area contributed by atoms with Gasteiger partial charge in [-0.3, -0.25) is 9.59 Å². The summed E-state index contributed by atoms with van der Waals surface area (Å²) in [6.45, 7) is 1.18. The minimum atomic E-state index is 0.0202. The maximum atomic E-state index is 11.9. The molecular weight excluding hydrogens is 228 g/mol. The van der Waals surface area contributed by atoms with E-state index in [-0.39, 0.29) is 11.7 Å². The zero-order chi connectivity index (χ0) is 12.8. The fourth-order valence-electron chi connectivity index (χ4n) is 2.01. The summed E-state index contributed by atoms with van der Waals surface area (Å²) < 4.78 is 0. The molecule has 0 radical (unpaired) electrons.